The smallest absolute Gasteiger partial charge is 0.259 e. The Balaban J connectivity index is 1.66. The topological polar surface area (TPSA) is 54.7 Å². The van der Waals surface area contributed by atoms with E-state index in [1.807, 2.05) is 31.2 Å². The van der Waals surface area contributed by atoms with E-state index in [1.54, 1.807) is 20.1 Å². The molecule has 0 spiro atoms. The Morgan fingerprint density at radius 1 is 1.29 bits per heavy atom. The average molecular weight is 328 g/mol. The van der Waals surface area contributed by atoms with Crippen LogP contribution in [0, 0.1) is 13.8 Å². The summed E-state index contributed by atoms with van der Waals surface area (Å²) in [4.78, 5) is 14.6. The number of piperidine rings is 1. The Morgan fingerprint density at radius 2 is 2.04 bits per heavy atom. The maximum atomic E-state index is 12.3. The van der Waals surface area contributed by atoms with Gasteiger partial charge in [0.15, 0.2) is 0 Å². The van der Waals surface area contributed by atoms with E-state index < -0.39 is 0 Å². The van der Waals surface area contributed by atoms with Crippen LogP contribution in [0.5, 0.6) is 0 Å². The molecule has 0 radical (unpaired) electrons. The van der Waals surface area contributed by atoms with Crippen molar-refractivity contribution in [3.05, 3.63) is 47.4 Å². The number of carbonyl (C=O) groups is 1. The van der Waals surface area contributed by atoms with E-state index in [9.17, 15) is 4.79 Å². The van der Waals surface area contributed by atoms with E-state index in [-0.39, 0.29) is 5.91 Å². The Kier molecular flexibility index (Phi) is 4.90. The van der Waals surface area contributed by atoms with Crippen molar-refractivity contribution in [2.45, 2.75) is 32.8 Å². The lowest BCUT2D eigenvalue weighted by Gasteiger charge is -2.33. The molecule has 1 fully saturated rings. The molecule has 5 nitrogen and oxygen atoms in total. The number of anilines is 2. The molecule has 1 aliphatic heterocycles. The molecule has 1 aliphatic rings. The first-order valence-electron chi connectivity index (χ1n) is 8.33. The van der Waals surface area contributed by atoms with Crippen LogP contribution in [-0.4, -0.2) is 32.2 Å². The largest absolute Gasteiger partial charge is 0.466 e. The van der Waals surface area contributed by atoms with E-state index in [0.29, 0.717) is 17.4 Å². The third-order valence-electron chi connectivity index (χ3n) is 4.49. The van der Waals surface area contributed by atoms with Gasteiger partial charge in [0.2, 0.25) is 0 Å². The van der Waals surface area contributed by atoms with Gasteiger partial charge in [-0.3, -0.25) is 4.79 Å². The number of aryl methyl sites for hydroxylation is 2. The highest BCUT2D eigenvalue weighted by atomic mass is 16.5. The highest BCUT2D eigenvalue weighted by molar-refractivity contribution is 6.05. The van der Waals surface area contributed by atoms with Crippen molar-refractivity contribution in [2.24, 2.45) is 0 Å². The zero-order valence-corrected chi connectivity index (χ0v) is 14.5. The first kappa shape index (κ1) is 16.6. The van der Waals surface area contributed by atoms with Crippen LogP contribution >= 0.6 is 0 Å². The zero-order valence-electron chi connectivity index (χ0n) is 14.5. The molecule has 128 valence electrons. The summed E-state index contributed by atoms with van der Waals surface area (Å²) < 4.78 is 10.9. The van der Waals surface area contributed by atoms with Crippen LogP contribution in [0.25, 0.3) is 0 Å². The quantitative estimate of drug-likeness (QED) is 0.928. The number of ether oxygens (including phenoxy) is 1. The Hall–Kier alpha value is -2.27. The number of amides is 1. The summed E-state index contributed by atoms with van der Waals surface area (Å²) in [5.41, 5.74) is 2.52. The second-order valence-corrected chi connectivity index (χ2v) is 6.27. The minimum absolute atomic E-state index is 0.144. The number of furan rings is 1. The van der Waals surface area contributed by atoms with Gasteiger partial charge in [0.25, 0.3) is 5.91 Å². The van der Waals surface area contributed by atoms with E-state index in [2.05, 4.69) is 10.2 Å². The fourth-order valence-corrected chi connectivity index (χ4v) is 3.18. The Morgan fingerprint density at radius 3 is 2.67 bits per heavy atom. The van der Waals surface area contributed by atoms with Crippen molar-refractivity contribution in [1.29, 1.82) is 0 Å². The number of rotatable bonds is 4. The molecule has 1 aromatic heterocycles. The van der Waals surface area contributed by atoms with Crippen LogP contribution in [0.4, 0.5) is 11.4 Å². The molecule has 24 heavy (non-hydrogen) atoms. The van der Waals surface area contributed by atoms with Crippen LogP contribution in [0.2, 0.25) is 0 Å². The number of carbonyl (C=O) groups excluding carboxylic acids is 1. The predicted octanol–water partition coefficient (Wildman–Crippen LogP) is 3.76. The fraction of sp³-hybridized carbons (Fsp3) is 0.421. The maximum Gasteiger partial charge on any atom is 0.259 e. The van der Waals surface area contributed by atoms with Crippen molar-refractivity contribution in [3.8, 4) is 0 Å². The monoisotopic (exact) mass is 328 g/mol. The summed E-state index contributed by atoms with van der Waals surface area (Å²) in [7, 11) is 1.77. The number of benzene rings is 1. The second kappa shape index (κ2) is 7.09. The van der Waals surface area contributed by atoms with Crippen LogP contribution in [-0.2, 0) is 4.74 Å². The Labute approximate surface area is 142 Å². The molecule has 3 rings (SSSR count). The summed E-state index contributed by atoms with van der Waals surface area (Å²) in [6.07, 6.45) is 2.55. The summed E-state index contributed by atoms with van der Waals surface area (Å²) in [6.45, 7) is 5.59. The third-order valence-corrected chi connectivity index (χ3v) is 4.49. The van der Waals surface area contributed by atoms with Crippen molar-refractivity contribution in [2.75, 3.05) is 30.4 Å². The van der Waals surface area contributed by atoms with Gasteiger partial charge in [0, 0.05) is 31.6 Å². The lowest BCUT2D eigenvalue weighted by atomic mass is 10.1. The molecule has 1 N–H and O–H groups in total. The van der Waals surface area contributed by atoms with Gasteiger partial charge in [0.1, 0.15) is 11.5 Å². The van der Waals surface area contributed by atoms with Gasteiger partial charge in [-0.2, -0.15) is 0 Å². The average Bonchev–Trinajstić information content (AvgIpc) is 2.94. The van der Waals surface area contributed by atoms with Crippen LogP contribution in [0.15, 0.2) is 34.7 Å². The van der Waals surface area contributed by atoms with Crippen molar-refractivity contribution < 1.29 is 13.9 Å². The molecule has 2 heterocycles. The SMILES string of the molecule is COC1CCCN(c2ccc(NC(=O)c3cc(C)oc3C)cc2)C1. The molecule has 1 atom stereocenters. The highest BCUT2D eigenvalue weighted by Gasteiger charge is 2.19. The number of hydrogen-bond donors (Lipinski definition) is 1. The lowest BCUT2D eigenvalue weighted by Crippen LogP contribution is -2.39. The molecule has 1 amide bonds. The normalized spacial score (nSPS) is 17.8. The van der Waals surface area contributed by atoms with Gasteiger partial charge in [0.05, 0.1) is 11.7 Å². The van der Waals surface area contributed by atoms with Gasteiger partial charge < -0.3 is 19.4 Å². The number of nitrogens with zero attached hydrogens (tertiary/aromatic N) is 1. The van der Waals surface area contributed by atoms with Gasteiger partial charge in [-0.05, 0) is 57.0 Å². The van der Waals surface area contributed by atoms with Crippen LogP contribution in [0.3, 0.4) is 0 Å². The minimum atomic E-state index is -0.144. The van der Waals surface area contributed by atoms with E-state index >= 15 is 0 Å². The zero-order chi connectivity index (χ0) is 17.1. The van der Waals surface area contributed by atoms with Crippen LogP contribution < -0.4 is 10.2 Å². The molecule has 1 aromatic carbocycles. The number of methoxy groups -OCH3 is 1. The van der Waals surface area contributed by atoms with Crippen molar-refractivity contribution in [3.63, 3.8) is 0 Å². The van der Waals surface area contributed by atoms with Gasteiger partial charge in [-0.25, -0.2) is 0 Å². The summed E-state index contributed by atoms with van der Waals surface area (Å²) in [5.74, 6) is 1.24. The van der Waals surface area contributed by atoms with Gasteiger partial charge in [-0.1, -0.05) is 0 Å². The predicted molar refractivity (Wildman–Crippen MR) is 94.8 cm³/mol. The van der Waals surface area contributed by atoms with Crippen molar-refractivity contribution >= 4 is 17.3 Å². The first-order valence-corrected chi connectivity index (χ1v) is 8.33. The lowest BCUT2D eigenvalue weighted by molar-refractivity contribution is 0.0893. The standard InChI is InChI=1S/C19H24N2O3/c1-13-11-18(14(2)24-13)19(22)20-15-6-8-16(9-7-15)21-10-4-5-17(12-21)23-3/h6-9,11,17H,4-5,10,12H2,1-3H3,(H,20,22). The second-order valence-electron chi connectivity index (χ2n) is 6.27. The molecule has 0 saturated carbocycles. The molecule has 0 aliphatic carbocycles. The maximum absolute atomic E-state index is 12.3. The first-order chi connectivity index (χ1) is 11.6. The number of hydrogen-bond acceptors (Lipinski definition) is 4. The van der Waals surface area contributed by atoms with E-state index in [0.717, 1.165) is 43.1 Å². The highest BCUT2D eigenvalue weighted by Crippen LogP contribution is 2.23. The molecule has 0 bridgehead atoms. The number of nitrogens with one attached hydrogen (secondary N) is 1. The molecular formula is C19H24N2O3. The third kappa shape index (κ3) is 3.62. The molecule has 2 aromatic rings. The molecule has 5 heteroatoms. The molecule has 1 unspecified atom stereocenters. The summed E-state index contributed by atoms with van der Waals surface area (Å²) in [5, 5.41) is 2.92. The fourth-order valence-electron chi connectivity index (χ4n) is 3.18. The van der Waals surface area contributed by atoms with Crippen molar-refractivity contribution in [1.82, 2.24) is 0 Å². The van der Waals surface area contributed by atoms with E-state index in [4.69, 9.17) is 9.15 Å². The van der Waals surface area contributed by atoms with E-state index in [1.165, 1.54) is 0 Å². The van der Waals surface area contributed by atoms with Gasteiger partial charge in [-0.15, -0.1) is 0 Å². The molecular weight excluding hydrogens is 304 g/mol. The van der Waals surface area contributed by atoms with Gasteiger partial charge >= 0.3 is 0 Å². The minimum Gasteiger partial charge on any atom is -0.466 e. The summed E-state index contributed by atoms with van der Waals surface area (Å²) >= 11 is 0. The Bertz CT molecular complexity index is 706. The van der Waals surface area contributed by atoms with Crippen LogP contribution in [0.1, 0.15) is 34.7 Å². The molecule has 1 saturated heterocycles. The summed E-state index contributed by atoms with van der Waals surface area (Å²) in [6, 6.07) is 9.72.